The maximum absolute atomic E-state index is 4.53. The summed E-state index contributed by atoms with van der Waals surface area (Å²) in [5.74, 6) is 1.32. The maximum atomic E-state index is 4.53. The fourth-order valence-electron chi connectivity index (χ4n) is 1.98. The lowest BCUT2D eigenvalue weighted by molar-refractivity contribution is 0.741. The topological polar surface area (TPSA) is 42.2 Å². The van der Waals surface area contributed by atoms with Crippen LogP contribution < -0.4 is 5.32 Å². The molecule has 1 aliphatic rings. The number of aromatic nitrogens is 3. The van der Waals surface area contributed by atoms with Gasteiger partial charge in [-0.25, -0.2) is 9.97 Å². The molecule has 0 saturated carbocycles. The minimum absolute atomic E-state index is 0.547. The summed E-state index contributed by atoms with van der Waals surface area (Å²) in [6, 6.07) is 0. The molecule has 0 aromatic carbocycles. The van der Waals surface area contributed by atoms with Crippen LogP contribution in [0.5, 0.6) is 0 Å². The van der Waals surface area contributed by atoms with Crippen molar-refractivity contribution in [2.24, 2.45) is 0 Å². The Morgan fingerprint density at radius 1 is 1.47 bits per heavy atom. The zero-order chi connectivity index (χ0) is 10.3. The quantitative estimate of drug-likeness (QED) is 0.852. The molecule has 5 heteroatoms. The fourth-order valence-corrected chi connectivity index (χ4v) is 2.31. The van der Waals surface area contributed by atoms with Gasteiger partial charge in [0.2, 0.25) is 5.78 Å². The number of halogens is 1. The molecule has 1 saturated heterocycles. The summed E-state index contributed by atoms with van der Waals surface area (Å²) in [5, 5.41) is 3.35. The lowest BCUT2D eigenvalue weighted by Crippen LogP contribution is -2.08. The first kappa shape index (κ1) is 9.30. The van der Waals surface area contributed by atoms with Gasteiger partial charge in [0.25, 0.3) is 0 Å². The molecule has 1 N–H and O–H groups in total. The average Bonchev–Trinajstić information content (AvgIpc) is 2.84. The van der Waals surface area contributed by atoms with E-state index in [0.717, 1.165) is 29.0 Å². The number of hydrogen-bond donors (Lipinski definition) is 1. The molecule has 1 unspecified atom stereocenters. The van der Waals surface area contributed by atoms with Crippen LogP contribution in [0.3, 0.4) is 0 Å². The Morgan fingerprint density at radius 2 is 2.40 bits per heavy atom. The van der Waals surface area contributed by atoms with Gasteiger partial charge in [-0.2, -0.15) is 0 Å². The van der Waals surface area contributed by atoms with E-state index >= 15 is 0 Å². The van der Waals surface area contributed by atoms with Gasteiger partial charge in [-0.15, -0.1) is 0 Å². The predicted molar refractivity (Wildman–Crippen MR) is 60.9 cm³/mol. The molecule has 1 fully saturated rings. The highest BCUT2D eigenvalue weighted by atomic mass is 79.9. The van der Waals surface area contributed by atoms with Gasteiger partial charge in [-0.3, -0.25) is 4.40 Å². The van der Waals surface area contributed by atoms with Crippen LogP contribution in [0.25, 0.3) is 5.78 Å². The van der Waals surface area contributed by atoms with Crippen molar-refractivity contribution in [3.8, 4) is 0 Å². The standard InChI is InChI=1S/C10H11BrN4/c11-8-4-13-10-14-9(6-15(10)5-8)7-1-2-12-3-7/h4-7,12H,1-3H2. The molecule has 1 aliphatic heterocycles. The Morgan fingerprint density at radius 3 is 3.20 bits per heavy atom. The molecule has 0 aliphatic carbocycles. The highest BCUT2D eigenvalue weighted by Crippen LogP contribution is 2.21. The van der Waals surface area contributed by atoms with Gasteiger partial charge < -0.3 is 5.32 Å². The van der Waals surface area contributed by atoms with E-state index in [0.29, 0.717) is 5.92 Å². The van der Waals surface area contributed by atoms with E-state index < -0.39 is 0 Å². The summed E-state index contributed by atoms with van der Waals surface area (Å²) in [6.45, 7) is 2.13. The highest BCUT2D eigenvalue weighted by Gasteiger charge is 2.19. The van der Waals surface area contributed by atoms with Gasteiger partial charge in [0, 0.05) is 31.1 Å². The largest absolute Gasteiger partial charge is 0.316 e. The number of imidazole rings is 1. The lowest BCUT2D eigenvalue weighted by atomic mass is 10.1. The molecule has 1 atom stereocenters. The Kier molecular flexibility index (Phi) is 2.21. The second-order valence-electron chi connectivity index (χ2n) is 3.83. The molecule has 15 heavy (non-hydrogen) atoms. The van der Waals surface area contributed by atoms with Crippen molar-refractivity contribution in [1.82, 2.24) is 19.7 Å². The minimum Gasteiger partial charge on any atom is -0.316 e. The Hall–Kier alpha value is -0.940. The van der Waals surface area contributed by atoms with Gasteiger partial charge in [-0.05, 0) is 28.9 Å². The number of nitrogens with zero attached hydrogens (tertiary/aromatic N) is 3. The Balaban J connectivity index is 2.05. The molecule has 0 bridgehead atoms. The van der Waals surface area contributed by atoms with Crippen LogP contribution in [0.2, 0.25) is 0 Å². The highest BCUT2D eigenvalue weighted by molar-refractivity contribution is 9.10. The van der Waals surface area contributed by atoms with Crippen molar-refractivity contribution in [3.05, 3.63) is 28.8 Å². The zero-order valence-electron chi connectivity index (χ0n) is 8.15. The molecule has 2 aromatic heterocycles. The smallest absolute Gasteiger partial charge is 0.233 e. The Labute approximate surface area is 95.9 Å². The number of hydrogen-bond acceptors (Lipinski definition) is 3. The van der Waals surface area contributed by atoms with E-state index in [-0.39, 0.29) is 0 Å². The van der Waals surface area contributed by atoms with E-state index in [1.807, 2.05) is 10.6 Å². The van der Waals surface area contributed by atoms with Crippen LogP contribution in [0.15, 0.2) is 23.1 Å². The predicted octanol–water partition coefficient (Wildman–Crippen LogP) is 1.57. The van der Waals surface area contributed by atoms with Crippen molar-refractivity contribution in [2.75, 3.05) is 13.1 Å². The Bertz CT molecular complexity index is 487. The first-order valence-corrected chi connectivity index (χ1v) is 5.83. The summed E-state index contributed by atoms with van der Waals surface area (Å²) in [6.07, 6.45) is 7.01. The van der Waals surface area contributed by atoms with Crippen molar-refractivity contribution in [1.29, 1.82) is 0 Å². The zero-order valence-corrected chi connectivity index (χ0v) is 9.74. The molecule has 3 heterocycles. The normalized spacial score (nSPS) is 21.3. The van der Waals surface area contributed by atoms with Crippen molar-refractivity contribution in [3.63, 3.8) is 0 Å². The van der Waals surface area contributed by atoms with Crippen LogP contribution in [-0.4, -0.2) is 27.5 Å². The first-order valence-electron chi connectivity index (χ1n) is 5.04. The molecule has 3 rings (SSSR count). The molecule has 4 nitrogen and oxygen atoms in total. The molecule has 0 radical (unpaired) electrons. The van der Waals surface area contributed by atoms with Gasteiger partial charge in [0.1, 0.15) is 0 Å². The molecule has 0 amide bonds. The van der Waals surface area contributed by atoms with E-state index in [1.54, 1.807) is 6.20 Å². The van der Waals surface area contributed by atoms with Crippen LogP contribution in [0.1, 0.15) is 18.0 Å². The number of rotatable bonds is 1. The van der Waals surface area contributed by atoms with E-state index in [4.69, 9.17) is 0 Å². The first-order chi connectivity index (χ1) is 7.33. The van der Waals surface area contributed by atoms with E-state index in [1.165, 1.54) is 6.42 Å². The van der Waals surface area contributed by atoms with Crippen molar-refractivity contribution < 1.29 is 0 Å². The van der Waals surface area contributed by atoms with Crippen molar-refractivity contribution >= 4 is 21.7 Å². The third-order valence-corrected chi connectivity index (χ3v) is 3.19. The summed E-state index contributed by atoms with van der Waals surface area (Å²) < 4.78 is 2.95. The molecular formula is C10H11BrN4. The number of fused-ring (bicyclic) bond motifs is 1. The second-order valence-corrected chi connectivity index (χ2v) is 4.75. The molecule has 2 aromatic rings. The van der Waals surface area contributed by atoms with Gasteiger partial charge in [-0.1, -0.05) is 0 Å². The van der Waals surface area contributed by atoms with Crippen LogP contribution in [0, 0.1) is 0 Å². The van der Waals surface area contributed by atoms with Gasteiger partial charge in [0.15, 0.2) is 0 Å². The lowest BCUT2D eigenvalue weighted by Gasteiger charge is -2.01. The van der Waals surface area contributed by atoms with Crippen LogP contribution >= 0.6 is 15.9 Å². The van der Waals surface area contributed by atoms with Crippen LogP contribution in [-0.2, 0) is 0 Å². The number of nitrogens with one attached hydrogen (secondary N) is 1. The van der Waals surface area contributed by atoms with E-state index in [2.05, 4.69) is 37.4 Å². The average molecular weight is 267 g/mol. The monoisotopic (exact) mass is 266 g/mol. The fraction of sp³-hybridized carbons (Fsp3) is 0.400. The van der Waals surface area contributed by atoms with E-state index in [9.17, 15) is 0 Å². The molecular weight excluding hydrogens is 256 g/mol. The second kappa shape index (κ2) is 3.57. The summed E-state index contributed by atoms with van der Waals surface area (Å²) in [4.78, 5) is 8.78. The van der Waals surface area contributed by atoms with Gasteiger partial charge in [0.05, 0.1) is 10.2 Å². The third kappa shape index (κ3) is 1.66. The molecule has 0 spiro atoms. The summed E-state index contributed by atoms with van der Waals surface area (Å²) >= 11 is 3.40. The minimum atomic E-state index is 0.547. The maximum Gasteiger partial charge on any atom is 0.233 e. The van der Waals surface area contributed by atoms with Gasteiger partial charge >= 0.3 is 0 Å². The summed E-state index contributed by atoms with van der Waals surface area (Å²) in [7, 11) is 0. The summed E-state index contributed by atoms with van der Waals surface area (Å²) in [5.41, 5.74) is 1.14. The van der Waals surface area contributed by atoms with Crippen LogP contribution in [0.4, 0.5) is 0 Å². The van der Waals surface area contributed by atoms with Crippen molar-refractivity contribution in [2.45, 2.75) is 12.3 Å². The SMILES string of the molecule is Brc1cnc2nc(C3CCNC3)cn2c1. The third-order valence-electron chi connectivity index (χ3n) is 2.78. The molecule has 78 valence electrons.